The van der Waals surface area contributed by atoms with Gasteiger partial charge in [0.05, 0.1) is 5.75 Å². The van der Waals surface area contributed by atoms with Crippen LogP contribution in [-0.2, 0) is 4.79 Å². The molecule has 4 heteroatoms. The summed E-state index contributed by atoms with van der Waals surface area (Å²) in [7, 11) is 0. The van der Waals surface area contributed by atoms with Crippen molar-refractivity contribution in [3.05, 3.63) is 0 Å². The van der Waals surface area contributed by atoms with Gasteiger partial charge in [0.15, 0.2) is 0 Å². The van der Waals surface area contributed by atoms with Crippen LogP contribution in [0.1, 0.15) is 19.8 Å². The van der Waals surface area contributed by atoms with Crippen LogP contribution in [0.15, 0.2) is 0 Å². The Morgan fingerprint density at radius 2 is 2.29 bits per heavy atom. The number of carbonyl (C=O) groups excluding carboxylic acids is 1. The number of nitrogens with zero attached hydrogens (tertiary/aromatic N) is 1. The first-order chi connectivity index (χ1) is 6.77. The van der Waals surface area contributed by atoms with Gasteiger partial charge >= 0.3 is 0 Å². The zero-order chi connectivity index (χ0) is 10.4. The average molecular weight is 217 g/mol. The molecule has 1 amide bonds. The van der Waals surface area contributed by atoms with Gasteiger partial charge in [0.1, 0.15) is 0 Å². The van der Waals surface area contributed by atoms with E-state index in [9.17, 15) is 4.79 Å². The van der Waals surface area contributed by atoms with Gasteiger partial charge < -0.3 is 10.0 Å². The van der Waals surface area contributed by atoms with Crippen molar-refractivity contribution >= 4 is 17.7 Å². The molecule has 0 bridgehead atoms. The predicted octanol–water partition coefficient (Wildman–Crippen LogP) is 0.970. The van der Waals surface area contributed by atoms with Gasteiger partial charge in [-0.15, -0.1) is 0 Å². The molecule has 0 aromatic carbocycles. The molecule has 0 spiro atoms. The van der Waals surface area contributed by atoms with Crippen LogP contribution >= 0.6 is 11.8 Å². The first-order valence-electron chi connectivity index (χ1n) is 5.24. The van der Waals surface area contributed by atoms with Gasteiger partial charge in [0.25, 0.3) is 0 Å². The van der Waals surface area contributed by atoms with Crippen molar-refractivity contribution in [2.75, 3.05) is 31.2 Å². The normalized spacial score (nSPS) is 16.9. The second-order valence-corrected chi connectivity index (χ2v) is 4.86. The monoisotopic (exact) mass is 217 g/mol. The van der Waals surface area contributed by atoms with Crippen molar-refractivity contribution in [3.63, 3.8) is 0 Å². The molecule has 14 heavy (non-hydrogen) atoms. The Morgan fingerprint density at radius 1 is 1.57 bits per heavy atom. The first kappa shape index (κ1) is 11.9. The number of thioether (sulfide) groups is 1. The molecule has 0 atom stereocenters. The Kier molecular flexibility index (Phi) is 5.33. The van der Waals surface area contributed by atoms with E-state index in [2.05, 4.69) is 6.92 Å². The minimum atomic E-state index is 0.215. The van der Waals surface area contributed by atoms with Crippen LogP contribution in [0.2, 0.25) is 0 Å². The highest BCUT2D eigenvalue weighted by molar-refractivity contribution is 7.99. The number of hydrogen-bond donors (Lipinski definition) is 1. The van der Waals surface area contributed by atoms with Crippen LogP contribution < -0.4 is 0 Å². The number of aliphatic hydroxyl groups excluding tert-OH is 1. The molecule has 1 heterocycles. The SMILES string of the molecule is CCCCSCC(=O)N1CC(CO)C1. The molecular weight excluding hydrogens is 198 g/mol. The van der Waals surface area contributed by atoms with Gasteiger partial charge in [-0.05, 0) is 12.2 Å². The second-order valence-electron chi connectivity index (χ2n) is 3.75. The molecule has 1 aliphatic heterocycles. The Bertz CT molecular complexity index is 181. The van der Waals surface area contributed by atoms with Crippen molar-refractivity contribution in [3.8, 4) is 0 Å². The summed E-state index contributed by atoms with van der Waals surface area (Å²) in [5, 5.41) is 8.79. The Balaban J connectivity index is 2.00. The van der Waals surface area contributed by atoms with E-state index in [1.807, 2.05) is 4.90 Å². The van der Waals surface area contributed by atoms with E-state index in [1.165, 1.54) is 12.8 Å². The second kappa shape index (κ2) is 6.30. The van der Waals surface area contributed by atoms with Crippen LogP contribution in [-0.4, -0.2) is 47.1 Å². The number of hydrogen-bond acceptors (Lipinski definition) is 3. The van der Waals surface area contributed by atoms with E-state index < -0.39 is 0 Å². The minimum Gasteiger partial charge on any atom is -0.396 e. The van der Waals surface area contributed by atoms with Crippen LogP contribution in [0, 0.1) is 5.92 Å². The fourth-order valence-electron chi connectivity index (χ4n) is 1.39. The molecule has 0 aromatic rings. The van der Waals surface area contributed by atoms with Gasteiger partial charge in [0.2, 0.25) is 5.91 Å². The zero-order valence-electron chi connectivity index (χ0n) is 8.74. The topological polar surface area (TPSA) is 40.5 Å². The summed E-state index contributed by atoms with van der Waals surface area (Å²) in [5.74, 6) is 2.26. The number of likely N-dealkylation sites (tertiary alicyclic amines) is 1. The molecule has 0 aromatic heterocycles. The first-order valence-corrected chi connectivity index (χ1v) is 6.39. The van der Waals surface area contributed by atoms with Gasteiger partial charge in [-0.1, -0.05) is 13.3 Å². The van der Waals surface area contributed by atoms with Crippen molar-refractivity contribution in [1.82, 2.24) is 4.90 Å². The largest absolute Gasteiger partial charge is 0.396 e. The summed E-state index contributed by atoms with van der Waals surface area (Å²) in [5.41, 5.74) is 0. The predicted molar refractivity (Wildman–Crippen MR) is 59.4 cm³/mol. The summed E-state index contributed by atoms with van der Waals surface area (Å²) >= 11 is 1.72. The fourth-order valence-corrected chi connectivity index (χ4v) is 2.38. The lowest BCUT2D eigenvalue weighted by atomic mass is 10.0. The number of aliphatic hydroxyl groups is 1. The molecule has 1 fully saturated rings. The average Bonchev–Trinajstić information content (AvgIpc) is 2.11. The summed E-state index contributed by atoms with van der Waals surface area (Å²) in [6.45, 7) is 3.88. The maximum Gasteiger partial charge on any atom is 0.232 e. The van der Waals surface area contributed by atoms with Gasteiger partial charge in [-0.2, -0.15) is 11.8 Å². The summed E-state index contributed by atoms with van der Waals surface area (Å²) in [6.07, 6.45) is 2.38. The molecule has 1 saturated heterocycles. The van der Waals surface area contributed by atoms with E-state index in [0.29, 0.717) is 11.7 Å². The molecule has 1 N–H and O–H groups in total. The molecule has 1 rings (SSSR count). The van der Waals surface area contributed by atoms with E-state index >= 15 is 0 Å². The number of carbonyl (C=O) groups is 1. The molecule has 82 valence electrons. The molecule has 3 nitrogen and oxygen atoms in total. The molecule has 0 aliphatic carbocycles. The minimum absolute atomic E-state index is 0.215. The lowest BCUT2D eigenvalue weighted by Gasteiger charge is -2.38. The lowest BCUT2D eigenvalue weighted by Crippen LogP contribution is -2.52. The maximum absolute atomic E-state index is 11.5. The molecule has 0 unspecified atom stereocenters. The van der Waals surface area contributed by atoms with Crippen LogP contribution in [0.3, 0.4) is 0 Å². The van der Waals surface area contributed by atoms with E-state index in [4.69, 9.17) is 5.11 Å². The van der Waals surface area contributed by atoms with Gasteiger partial charge in [-0.25, -0.2) is 0 Å². The Morgan fingerprint density at radius 3 is 2.86 bits per heavy atom. The molecule has 0 radical (unpaired) electrons. The summed E-state index contributed by atoms with van der Waals surface area (Å²) in [4.78, 5) is 13.3. The standard InChI is InChI=1S/C10H19NO2S/c1-2-3-4-14-8-10(13)11-5-9(6-11)7-12/h9,12H,2-8H2,1H3. The fraction of sp³-hybridized carbons (Fsp3) is 0.900. The number of rotatable bonds is 6. The lowest BCUT2D eigenvalue weighted by molar-refractivity contribution is -0.135. The van der Waals surface area contributed by atoms with Crippen molar-refractivity contribution in [1.29, 1.82) is 0 Å². The third-order valence-electron chi connectivity index (χ3n) is 2.44. The quantitative estimate of drug-likeness (QED) is 0.674. The van der Waals surface area contributed by atoms with E-state index in [-0.39, 0.29) is 12.5 Å². The zero-order valence-corrected chi connectivity index (χ0v) is 9.55. The van der Waals surface area contributed by atoms with Gasteiger partial charge in [-0.3, -0.25) is 4.79 Å². The van der Waals surface area contributed by atoms with E-state index in [1.54, 1.807) is 11.8 Å². The van der Waals surface area contributed by atoms with Crippen molar-refractivity contribution in [2.24, 2.45) is 5.92 Å². The molecular formula is C10H19NO2S. The van der Waals surface area contributed by atoms with Gasteiger partial charge in [0, 0.05) is 25.6 Å². The Labute approximate surface area is 89.9 Å². The number of amides is 1. The molecule has 0 saturated carbocycles. The van der Waals surface area contributed by atoms with Crippen LogP contribution in [0.4, 0.5) is 0 Å². The van der Waals surface area contributed by atoms with Crippen molar-refractivity contribution in [2.45, 2.75) is 19.8 Å². The third kappa shape index (κ3) is 3.50. The maximum atomic E-state index is 11.5. The highest BCUT2D eigenvalue weighted by Crippen LogP contribution is 2.16. The van der Waals surface area contributed by atoms with Crippen LogP contribution in [0.25, 0.3) is 0 Å². The smallest absolute Gasteiger partial charge is 0.232 e. The van der Waals surface area contributed by atoms with Crippen molar-refractivity contribution < 1.29 is 9.90 Å². The van der Waals surface area contributed by atoms with Crippen LogP contribution in [0.5, 0.6) is 0 Å². The Hall–Kier alpha value is -0.220. The summed E-state index contributed by atoms with van der Waals surface area (Å²) < 4.78 is 0. The highest BCUT2D eigenvalue weighted by atomic mass is 32.2. The number of unbranched alkanes of at least 4 members (excludes halogenated alkanes) is 1. The molecule has 1 aliphatic rings. The third-order valence-corrected chi connectivity index (χ3v) is 3.46. The highest BCUT2D eigenvalue weighted by Gasteiger charge is 2.29. The van der Waals surface area contributed by atoms with E-state index in [0.717, 1.165) is 18.8 Å². The summed E-state index contributed by atoms with van der Waals surface area (Å²) in [6, 6.07) is 0.